The molecule has 0 aliphatic heterocycles. The monoisotopic (exact) mass is 192 g/mol. The van der Waals surface area contributed by atoms with Crippen LogP contribution >= 0.6 is 0 Å². The molecule has 0 atom stereocenters. The molecule has 0 amide bonds. The Labute approximate surface area is 83.6 Å². The maximum Gasteiger partial charge on any atom is 0.127 e. The molecule has 1 N–H and O–H groups in total. The van der Waals surface area contributed by atoms with Crippen molar-refractivity contribution in [1.82, 2.24) is 0 Å². The fourth-order valence-corrected chi connectivity index (χ4v) is 1.00. The molecule has 0 aliphatic rings. The molecule has 1 rings (SSSR count). The molecule has 0 saturated heterocycles. The minimum Gasteiger partial charge on any atom is -0.396 e. The quantitative estimate of drug-likeness (QED) is 0.563. The highest BCUT2D eigenvalue weighted by Crippen LogP contribution is 2.07. The first-order valence-corrected chi connectivity index (χ1v) is 4.60. The number of aliphatic hydroxyl groups excluding tert-OH is 1. The van der Waals surface area contributed by atoms with Crippen LogP contribution in [0.2, 0.25) is 0 Å². The van der Waals surface area contributed by atoms with Crippen LogP contribution in [-0.4, -0.2) is 11.7 Å². The van der Waals surface area contributed by atoms with Crippen LogP contribution in [0.25, 0.3) is 0 Å². The van der Waals surface area contributed by atoms with E-state index in [0.29, 0.717) is 24.0 Å². The lowest BCUT2D eigenvalue weighted by Gasteiger charge is -1.95. The van der Waals surface area contributed by atoms with Gasteiger partial charge in [-0.05, 0) is 31.0 Å². The van der Waals surface area contributed by atoms with E-state index < -0.39 is 0 Å². The average molecular weight is 192 g/mol. The number of aryl methyl sites for hydroxylation is 1. The lowest BCUT2D eigenvalue weighted by atomic mass is 10.1. The summed E-state index contributed by atoms with van der Waals surface area (Å²) in [5.41, 5.74) is 1.32. The van der Waals surface area contributed by atoms with E-state index in [1.165, 1.54) is 6.07 Å². The van der Waals surface area contributed by atoms with Gasteiger partial charge in [-0.15, -0.1) is 0 Å². The van der Waals surface area contributed by atoms with Crippen molar-refractivity contribution < 1.29 is 9.50 Å². The van der Waals surface area contributed by atoms with Gasteiger partial charge in [-0.1, -0.05) is 17.9 Å². The molecule has 0 bridgehead atoms. The predicted octanol–water partition coefficient (Wildman–Crippen LogP) is 2.26. The van der Waals surface area contributed by atoms with Gasteiger partial charge in [-0.2, -0.15) is 0 Å². The summed E-state index contributed by atoms with van der Waals surface area (Å²) in [4.78, 5) is 0. The zero-order chi connectivity index (χ0) is 10.4. The molecule has 0 heterocycles. The fraction of sp³-hybridized carbons (Fsp3) is 0.333. The topological polar surface area (TPSA) is 20.2 Å². The lowest BCUT2D eigenvalue weighted by molar-refractivity contribution is 0.290. The van der Waals surface area contributed by atoms with Gasteiger partial charge in [0.2, 0.25) is 0 Å². The third-order valence-corrected chi connectivity index (χ3v) is 1.86. The molecule has 0 aliphatic carbocycles. The summed E-state index contributed by atoms with van der Waals surface area (Å²) >= 11 is 0. The standard InChI is InChI=1S/C12H13FO/c1-10-6-7-11(9-12(10)13)5-3-2-4-8-14/h6-7,9,14H,2,4,8H2,1H3. The molecule has 0 fully saturated rings. The third-order valence-electron chi connectivity index (χ3n) is 1.86. The van der Waals surface area contributed by atoms with Gasteiger partial charge < -0.3 is 5.11 Å². The minimum absolute atomic E-state index is 0.150. The zero-order valence-corrected chi connectivity index (χ0v) is 8.18. The van der Waals surface area contributed by atoms with E-state index in [1.807, 2.05) is 0 Å². The molecule has 74 valence electrons. The molecule has 0 radical (unpaired) electrons. The fourth-order valence-electron chi connectivity index (χ4n) is 1.00. The summed E-state index contributed by atoms with van der Waals surface area (Å²) in [6.45, 7) is 1.87. The molecule has 1 aromatic carbocycles. The maximum atomic E-state index is 13.0. The van der Waals surface area contributed by atoms with Crippen molar-refractivity contribution in [3.63, 3.8) is 0 Å². The van der Waals surface area contributed by atoms with E-state index in [4.69, 9.17) is 5.11 Å². The Morgan fingerprint density at radius 3 is 2.86 bits per heavy atom. The highest BCUT2D eigenvalue weighted by atomic mass is 19.1. The van der Waals surface area contributed by atoms with Gasteiger partial charge in [0.25, 0.3) is 0 Å². The molecule has 0 spiro atoms. The number of unbranched alkanes of at least 4 members (excludes halogenated alkanes) is 1. The van der Waals surface area contributed by atoms with Gasteiger partial charge in [0.15, 0.2) is 0 Å². The summed E-state index contributed by atoms with van der Waals surface area (Å²) in [6, 6.07) is 4.94. The van der Waals surface area contributed by atoms with Crippen LogP contribution in [0, 0.1) is 24.6 Å². The second-order valence-corrected chi connectivity index (χ2v) is 3.09. The number of halogens is 1. The van der Waals surface area contributed by atoms with Crippen LogP contribution in [0.1, 0.15) is 24.0 Å². The van der Waals surface area contributed by atoms with Crippen LogP contribution in [0.15, 0.2) is 18.2 Å². The normalized spacial score (nSPS) is 9.36. The molecular formula is C12H13FO. The number of rotatable bonds is 2. The number of benzene rings is 1. The Bertz CT molecular complexity index is 360. The van der Waals surface area contributed by atoms with E-state index in [0.717, 1.165) is 0 Å². The molecule has 1 aromatic rings. The molecule has 0 saturated carbocycles. The maximum absolute atomic E-state index is 13.0. The second-order valence-electron chi connectivity index (χ2n) is 3.09. The van der Waals surface area contributed by atoms with E-state index in [9.17, 15) is 4.39 Å². The van der Waals surface area contributed by atoms with Crippen molar-refractivity contribution in [3.8, 4) is 11.8 Å². The van der Waals surface area contributed by atoms with E-state index >= 15 is 0 Å². The van der Waals surface area contributed by atoms with Crippen molar-refractivity contribution in [2.24, 2.45) is 0 Å². The zero-order valence-electron chi connectivity index (χ0n) is 8.18. The van der Waals surface area contributed by atoms with Crippen LogP contribution in [0.3, 0.4) is 0 Å². The molecule has 14 heavy (non-hydrogen) atoms. The first-order chi connectivity index (χ1) is 6.74. The van der Waals surface area contributed by atoms with Crippen LogP contribution < -0.4 is 0 Å². The largest absolute Gasteiger partial charge is 0.396 e. The summed E-state index contributed by atoms with van der Waals surface area (Å²) in [5.74, 6) is 5.50. The first kappa shape index (κ1) is 10.7. The Hall–Kier alpha value is -1.33. The molecular weight excluding hydrogens is 179 g/mol. The van der Waals surface area contributed by atoms with Crippen LogP contribution in [-0.2, 0) is 0 Å². The highest BCUT2D eigenvalue weighted by Gasteiger charge is 1.95. The van der Waals surface area contributed by atoms with Crippen LogP contribution in [0.4, 0.5) is 4.39 Å². The van der Waals surface area contributed by atoms with Crippen molar-refractivity contribution in [1.29, 1.82) is 0 Å². The van der Waals surface area contributed by atoms with E-state index in [-0.39, 0.29) is 12.4 Å². The van der Waals surface area contributed by atoms with Gasteiger partial charge in [0.1, 0.15) is 5.82 Å². The lowest BCUT2D eigenvalue weighted by Crippen LogP contribution is -1.84. The Balaban J connectivity index is 2.66. The Morgan fingerprint density at radius 1 is 1.43 bits per heavy atom. The predicted molar refractivity (Wildman–Crippen MR) is 54.3 cm³/mol. The van der Waals surface area contributed by atoms with Gasteiger partial charge in [-0.25, -0.2) is 4.39 Å². The molecule has 1 nitrogen and oxygen atoms in total. The van der Waals surface area contributed by atoms with Gasteiger partial charge in [0.05, 0.1) is 0 Å². The Morgan fingerprint density at radius 2 is 2.21 bits per heavy atom. The third kappa shape index (κ3) is 3.20. The molecule has 0 unspecified atom stereocenters. The SMILES string of the molecule is Cc1ccc(C#CCCCO)cc1F. The number of hydrogen-bond donors (Lipinski definition) is 1. The second kappa shape index (κ2) is 5.41. The van der Waals surface area contributed by atoms with Crippen molar-refractivity contribution in [2.45, 2.75) is 19.8 Å². The smallest absolute Gasteiger partial charge is 0.127 e. The molecule has 2 heteroatoms. The summed E-state index contributed by atoms with van der Waals surface area (Å²) in [6.07, 6.45) is 1.31. The number of aliphatic hydroxyl groups is 1. The van der Waals surface area contributed by atoms with Crippen molar-refractivity contribution >= 4 is 0 Å². The van der Waals surface area contributed by atoms with Gasteiger partial charge in [0, 0.05) is 18.6 Å². The van der Waals surface area contributed by atoms with Crippen molar-refractivity contribution in [3.05, 3.63) is 35.1 Å². The summed E-state index contributed by atoms with van der Waals surface area (Å²) < 4.78 is 13.0. The van der Waals surface area contributed by atoms with Crippen molar-refractivity contribution in [2.75, 3.05) is 6.61 Å². The van der Waals surface area contributed by atoms with Crippen LogP contribution in [0.5, 0.6) is 0 Å². The Kier molecular flexibility index (Phi) is 4.15. The summed E-state index contributed by atoms with van der Waals surface area (Å²) in [7, 11) is 0. The number of hydrogen-bond acceptors (Lipinski definition) is 1. The first-order valence-electron chi connectivity index (χ1n) is 4.60. The van der Waals surface area contributed by atoms with Gasteiger partial charge in [-0.3, -0.25) is 0 Å². The molecule has 0 aromatic heterocycles. The average Bonchev–Trinajstić information content (AvgIpc) is 2.18. The van der Waals surface area contributed by atoms with Gasteiger partial charge >= 0.3 is 0 Å². The van der Waals surface area contributed by atoms with E-state index in [2.05, 4.69) is 11.8 Å². The summed E-state index contributed by atoms with van der Waals surface area (Å²) in [5, 5.41) is 8.52. The highest BCUT2D eigenvalue weighted by molar-refractivity contribution is 5.36. The minimum atomic E-state index is -0.223. The van der Waals surface area contributed by atoms with E-state index in [1.54, 1.807) is 19.1 Å².